The molecule has 1 heterocycles. The first-order valence-electron chi connectivity index (χ1n) is 10.1. The summed E-state index contributed by atoms with van der Waals surface area (Å²) in [6.45, 7) is 9.18. The number of nitrogens with one attached hydrogen (secondary N) is 2. The van der Waals surface area contributed by atoms with Crippen LogP contribution in [-0.4, -0.2) is 49.8 Å². The summed E-state index contributed by atoms with van der Waals surface area (Å²) in [4.78, 5) is 14.7. The number of hydrogen-bond acceptors (Lipinski definition) is 3. The molecule has 3 rings (SSSR count). The number of carbonyl (C=O) groups is 1. The Morgan fingerprint density at radius 1 is 1.23 bits per heavy atom. The maximum Gasteiger partial charge on any atom is 0.319 e. The highest BCUT2D eigenvalue weighted by molar-refractivity contribution is 5.89. The van der Waals surface area contributed by atoms with Crippen molar-refractivity contribution >= 4 is 11.7 Å². The zero-order valence-corrected chi connectivity index (χ0v) is 16.2. The van der Waals surface area contributed by atoms with Crippen molar-refractivity contribution in [1.29, 1.82) is 0 Å². The fourth-order valence-corrected chi connectivity index (χ4v) is 4.09. The van der Waals surface area contributed by atoms with E-state index in [-0.39, 0.29) is 6.03 Å². The summed E-state index contributed by atoms with van der Waals surface area (Å²) < 4.78 is 5.67. The van der Waals surface area contributed by atoms with Crippen LogP contribution in [0.1, 0.15) is 38.2 Å². The van der Waals surface area contributed by atoms with E-state index < -0.39 is 0 Å². The molecule has 1 saturated heterocycles. The van der Waals surface area contributed by atoms with Gasteiger partial charge in [0.25, 0.3) is 0 Å². The van der Waals surface area contributed by atoms with Gasteiger partial charge in [0.05, 0.1) is 6.10 Å². The molecule has 1 atom stereocenters. The summed E-state index contributed by atoms with van der Waals surface area (Å²) in [6, 6.07) is 7.78. The van der Waals surface area contributed by atoms with E-state index in [2.05, 4.69) is 22.5 Å². The molecule has 1 saturated carbocycles. The van der Waals surface area contributed by atoms with Crippen molar-refractivity contribution < 1.29 is 9.53 Å². The van der Waals surface area contributed by atoms with Crippen molar-refractivity contribution in [2.24, 2.45) is 11.8 Å². The standard InChI is InChI=1S/C21H33N3O2/c1-3-26-20-11-18(12-20)15-24-10-4-5-17(14-24)13-22-21(25)23-19-8-6-16(2)7-9-19/h6-9,17-18,20H,3-5,10-15H2,1-2H3,(H2,22,23,25)/t17-,18?,20?/m1/s1. The number of amides is 2. The van der Waals surface area contributed by atoms with Crippen molar-refractivity contribution in [1.82, 2.24) is 10.2 Å². The number of nitrogens with zero attached hydrogens (tertiary/aromatic N) is 1. The van der Waals surface area contributed by atoms with Crippen LogP contribution in [0.2, 0.25) is 0 Å². The number of likely N-dealkylation sites (tertiary alicyclic amines) is 1. The summed E-state index contributed by atoms with van der Waals surface area (Å²) in [6.07, 6.45) is 5.36. The van der Waals surface area contributed by atoms with Gasteiger partial charge in [-0.1, -0.05) is 17.7 Å². The highest BCUT2D eigenvalue weighted by atomic mass is 16.5. The zero-order valence-electron chi connectivity index (χ0n) is 16.2. The predicted octanol–water partition coefficient (Wildman–Crippen LogP) is 3.64. The van der Waals surface area contributed by atoms with E-state index in [4.69, 9.17) is 4.74 Å². The van der Waals surface area contributed by atoms with Crippen molar-refractivity contribution in [2.75, 3.05) is 38.1 Å². The number of carbonyl (C=O) groups excluding carboxylic acids is 1. The quantitative estimate of drug-likeness (QED) is 0.781. The van der Waals surface area contributed by atoms with Gasteiger partial charge in [0.1, 0.15) is 0 Å². The van der Waals surface area contributed by atoms with Crippen molar-refractivity contribution in [3.8, 4) is 0 Å². The molecule has 2 N–H and O–H groups in total. The molecule has 0 unspecified atom stereocenters. The Balaban J connectivity index is 1.34. The molecule has 5 nitrogen and oxygen atoms in total. The summed E-state index contributed by atoms with van der Waals surface area (Å²) in [5.41, 5.74) is 2.03. The maximum absolute atomic E-state index is 12.1. The topological polar surface area (TPSA) is 53.6 Å². The number of piperidine rings is 1. The molecule has 1 aromatic rings. The third-order valence-electron chi connectivity index (χ3n) is 5.58. The summed E-state index contributed by atoms with van der Waals surface area (Å²) in [7, 11) is 0. The lowest BCUT2D eigenvalue weighted by Gasteiger charge is -2.41. The van der Waals surface area contributed by atoms with Crippen LogP contribution < -0.4 is 10.6 Å². The first-order chi connectivity index (χ1) is 12.6. The van der Waals surface area contributed by atoms with E-state index in [9.17, 15) is 4.79 Å². The Morgan fingerprint density at radius 2 is 2.00 bits per heavy atom. The molecule has 1 aromatic carbocycles. The highest BCUT2D eigenvalue weighted by Crippen LogP contribution is 2.31. The SMILES string of the molecule is CCOC1CC(CN2CCC[C@H](CNC(=O)Nc3ccc(C)cc3)C2)C1. The Hall–Kier alpha value is -1.59. The number of ether oxygens (including phenoxy) is 1. The number of hydrogen-bond donors (Lipinski definition) is 2. The van der Waals surface area contributed by atoms with Gasteiger partial charge in [0.15, 0.2) is 0 Å². The minimum Gasteiger partial charge on any atom is -0.378 e. The third kappa shape index (κ3) is 5.71. The Bertz CT molecular complexity index is 569. The van der Waals surface area contributed by atoms with Crippen LogP contribution in [0.15, 0.2) is 24.3 Å². The van der Waals surface area contributed by atoms with Crippen molar-refractivity contribution in [3.63, 3.8) is 0 Å². The molecule has 1 aliphatic heterocycles. The fourth-order valence-electron chi connectivity index (χ4n) is 4.09. The third-order valence-corrected chi connectivity index (χ3v) is 5.58. The van der Waals surface area contributed by atoms with E-state index in [1.165, 1.54) is 44.3 Å². The van der Waals surface area contributed by atoms with Crippen LogP contribution in [0, 0.1) is 18.8 Å². The lowest BCUT2D eigenvalue weighted by atomic mass is 9.81. The van der Waals surface area contributed by atoms with E-state index in [0.29, 0.717) is 12.0 Å². The summed E-state index contributed by atoms with van der Waals surface area (Å²) in [5, 5.41) is 5.95. The number of urea groups is 1. The zero-order chi connectivity index (χ0) is 18.4. The van der Waals surface area contributed by atoms with Crippen molar-refractivity contribution in [2.45, 2.75) is 45.6 Å². The smallest absolute Gasteiger partial charge is 0.319 e. The van der Waals surface area contributed by atoms with Crippen molar-refractivity contribution in [3.05, 3.63) is 29.8 Å². The molecular formula is C21H33N3O2. The van der Waals surface area contributed by atoms with E-state index in [0.717, 1.165) is 31.3 Å². The fraction of sp³-hybridized carbons (Fsp3) is 0.667. The van der Waals surface area contributed by atoms with E-state index in [1.807, 2.05) is 31.2 Å². The second-order valence-corrected chi connectivity index (χ2v) is 7.88. The molecule has 0 spiro atoms. The molecule has 26 heavy (non-hydrogen) atoms. The molecule has 5 heteroatoms. The van der Waals surface area contributed by atoms with E-state index >= 15 is 0 Å². The molecule has 2 fully saturated rings. The molecule has 0 aromatic heterocycles. The van der Waals surface area contributed by atoms with Gasteiger partial charge >= 0.3 is 6.03 Å². The van der Waals surface area contributed by atoms with Crippen LogP contribution in [0.25, 0.3) is 0 Å². The number of anilines is 1. The number of benzene rings is 1. The second-order valence-electron chi connectivity index (χ2n) is 7.88. The van der Waals surface area contributed by atoms with Gasteiger partial charge < -0.3 is 20.3 Å². The molecule has 144 valence electrons. The normalized spacial score (nSPS) is 26.2. The highest BCUT2D eigenvalue weighted by Gasteiger charge is 2.32. The maximum atomic E-state index is 12.1. The van der Waals surface area contributed by atoms with Crippen LogP contribution in [0.5, 0.6) is 0 Å². The lowest BCUT2D eigenvalue weighted by molar-refractivity contribution is -0.0364. The molecule has 0 radical (unpaired) electrons. The predicted molar refractivity (Wildman–Crippen MR) is 106 cm³/mol. The van der Waals surface area contributed by atoms with Crippen LogP contribution >= 0.6 is 0 Å². The van der Waals surface area contributed by atoms with Gasteiger partial charge in [-0.2, -0.15) is 0 Å². The van der Waals surface area contributed by atoms with Gasteiger partial charge in [0, 0.05) is 31.9 Å². The van der Waals surface area contributed by atoms with E-state index in [1.54, 1.807) is 0 Å². The van der Waals surface area contributed by atoms with Crippen LogP contribution in [0.3, 0.4) is 0 Å². The Kier molecular flexibility index (Phi) is 6.92. The number of aryl methyl sites for hydroxylation is 1. The van der Waals surface area contributed by atoms with Gasteiger partial charge in [-0.15, -0.1) is 0 Å². The molecule has 2 amide bonds. The molecule has 2 aliphatic rings. The second kappa shape index (κ2) is 9.38. The monoisotopic (exact) mass is 359 g/mol. The first-order valence-corrected chi connectivity index (χ1v) is 10.1. The molecule has 1 aliphatic carbocycles. The lowest BCUT2D eigenvalue weighted by Crippen LogP contribution is -2.46. The van der Waals surface area contributed by atoms with Gasteiger partial charge in [-0.3, -0.25) is 0 Å². The van der Waals surface area contributed by atoms with Crippen LogP contribution in [0.4, 0.5) is 10.5 Å². The Morgan fingerprint density at radius 3 is 2.73 bits per heavy atom. The summed E-state index contributed by atoms with van der Waals surface area (Å²) in [5.74, 6) is 1.35. The van der Waals surface area contributed by atoms with Gasteiger partial charge in [0.2, 0.25) is 0 Å². The molecule has 0 bridgehead atoms. The number of rotatable bonds is 7. The Labute approximate surface area is 157 Å². The molecular weight excluding hydrogens is 326 g/mol. The average Bonchev–Trinajstić information content (AvgIpc) is 2.61. The summed E-state index contributed by atoms with van der Waals surface area (Å²) >= 11 is 0. The minimum absolute atomic E-state index is 0.107. The largest absolute Gasteiger partial charge is 0.378 e. The van der Waals surface area contributed by atoms with Crippen LogP contribution in [-0.2, 0) is 4.74 Å². The average molecular weight is 360 g/mol. The minimum atomic E-state index is -0.107. The first kappa shape index (κ1) is 19.2. The van der Waals surface area contributed by atoms with Gasteiger partial charge in [-0.25, -0.2) is 4.79 Å². The van der Waals surface area contributed by atoms with Gasteiger partial charge in [-0.05, 0) is 70.0 Å².